The largest absolute Gasteiger partial charge is 0.497 e. The molecule has 0 unspecified atom stereocenters. The molecule has 7 heteroatoms. The highest BCUT2D eigenvalue weighted by Crippen LogP contribution is 2.25. The van der Waals surface area contributed by atoms with Crippen LogP contribution in [0.2, 0.25) is 0 Å². The van der Waals surface area contributed by atoms with Gasteiger partial charge in [-0.2, -0.15) is 9.61 Å². The number of aromatic nitrogens is 4. The van der Waals surface area contributed by atoms with Gasteiger partial charge in [-0.3, -0.25) is 0 Å². The quantitative estimate of drug-likeness (QED) is 0.573. The average Bonchev–Trinajstić information content (AvgIpc) is 3.29. The first-order valence-corrected chi connectivity index (χ1v) is 7.73. The molecule has 0 saturated heterocycles. The van der Waals surface area contributed by atoms with E-state index in [-0.39, 0.29) is 0 Å². The summed E-state index contributed by atoms with van der Waals surface area (Å²) in [5.74, 6) is 2.24. The molecule has 0 N–H and O–H groups in total. The molecule has 114 valence electrons. The number of hydrogen-bond acceptors (Lipinski definition) is 6. The summed E-state index contributed by atoms with van der Waals surface area (Å²) in [4.78, 5) is 0.738. The fourth-order valence-corrected chi connectivity index (χ4v) is 2.92. The lowest BCUT2D eigenvalue weighted by atomic mass is 10.2. The van der Waals surface area contributed by atoms with E-state index >= 15 is 0 Å². The van der Waals surface area contributed by atoms with Crippen molar-refractivity contribution in [2.75, 3.05) is 7.11 Å². The number of nitrogens with zero attached hydrogens (tertiary/aromatic N) is 4. The van der Waals surface area contributed by atoms with Crippen molar-refractivity contribution in [1.29, 1.82) is 0 Å². The molecular weight excluding hydrogens is 312 g/mol. The summed E-state index contributed by atoms with van der Waals surface area (Å²) in [7, 11) is 1.64. The number of furan rings is 1. The summed E-state index contributed by atoms with van der Waals surface area (Å²) in [5.41, 5.74) is 0.906. The van der Waals surface area contributed by atoms with E-state index in [1.54, 1.807) is 17.9 Å². The number of methoxy groups -OCH3 is 1. The highest BCUT2D eigenvalue weighted by molar-refractivity contribution is 7.17. The third-order valence-electron chi connectivity index (χ3n) is 3.27. The second kappa shape index (κ2) is 5.69. The zero-order chi connectivity index (χ0) is 15.6. The van der Waals surface area contributed by atoms with Gasteiger partial charge in [0.1, 0.15) is 16.5 Å². The number of fused-ring (bicyclic) bond motifs is 1. The van der Waals surface area contributed by atoms with Crippen LogP contribution in [0.15, 0.2) is 47.1 Å². The Bertz CT molecular complexity index is 969. The molecule has 0 aliphatic heterocycles. The Morgan fingerprint density at radius 3 is 2.96 bits per heavy atom. The predicted octanol–water partition coefficient (Wildman–Crippen LogP) is 3.62. The van der Waals surface area contributed by atoms with Gasteiger partial charge in [-0.05, 0) is 36.4 Å². The van der Waals surface area contributed by atoms with Crippen LogP contribution in [0.5, 0.6) is 5.75 Å². The van der Waals surface area contributed by atoms with Crippen molar-refractivity contribution in [2.45, 2.75) is 0 Å². The van der Waals surface area contributed by atoms with E-state index in [9.17, 15) is 0 Å². The molecular formula is C16H12N4O2S. The lowest BCUT2D eigenvalue weighted by Crippen LogP contribution is -1.91. The number of ether oxygens (including phenoxy) is 1. The van der Waals surface area contributed by atoms with Crippen molar-refractivity contribution in [3.05, 3.63) is 53.4 Å². The summed E-state index contributed by atoms with van der Waals surface area (Å²) >= 11 is 1.46. The van der Waals surface area contributed by atoms with Gasteiger partial charge in [-0.25, -0.2) is 0 Å². The van der Waals surface area contributed by atoms with E-state index in [0.29, 0.717) is 5.82 Å². The molecule has 0 saturated carbocycles. The van der Waals surface area contributed by atoms with Crippen molar-refractivity contribution in [3.63, 3.8) is 0 Å². The highest BCUT2D eigenvalue weighted by Gasteiger charge is 2.12. The summed E-state index contributed by atoms with van der Waals surface area (Å²) in [6, 6.07) is 11.4. The number of hydrogen-bond donors (Lipinski definition) is 0. The van der Waals surface area contributed by atoms with Crippen molar-refractivity contribution in [2.24, 2.45) is 0 Å². The predicted molar refractivity (Wildman–Crippen MR) is 88.3 cm³/mol. The smallest absolute Gasteiger partial charge is 0.235 e. The molecule has 3 aromatic heterocycles. The molecule has 0 spiro atoms. The van der Waals surface area contributed by atoms with E-state index in [1.165, 1.54) is 11.3 Å². The van der Waals surface area contributed by atoms with Crippen LogP contribution in [-0.2, 0) is 0 Å². The molecule has 0 fully saturated rings. The molecule has 3 heterocycles. The molecule has 1 aromatic carbocycles. The summed E-state index contributed by atoms with van der Waals surface area (Å²) < 4.78 is 12.3. The molecule has 0 aliphatic carbocycles. The van der Waals surface area contributed by atoms with E-state index in [1.807, 2.05) is 48.6 Å². The van der Waals surface area contributed by atoms with Gasteiger partial charge in [0.25, 0.3) is 0 Å². The average molecular weight is 324 g/mol. The Morgan fingerprint density at radius 1 is 1.17 bits per heavy atom. The Labute approximate surface area is 135 Å². The van der Waals surface area contributed by atoms with Gasteiger partial charge >= 0.3 is 0 Å². The van der Waals surface area contributed by atoms with Crippen LogP contribution in [0, 0.1) is 0 Å². The summed E-state index contributed by atoms with van der Waals surface area (Å²) in [6.07, 6.45) is 5.41. The minimum atomic E-state index is 0.688. The third kappa shape index (κ3) is 2.62. The Balaban J connectivity index is 1.71. The molecule has 0 amide bonds. The van der Waals surface area contributed by atoms with Crippen LogP contribution in [0.25, 0.3) is 28.5 Å². The van der Waals surface area contributed by atoms with Crippen molar-refractivity contribution in [3.8, 4) is 17.1 Å². The Morgan fingerprint density at radius 2 is 2.13 bits per heavy atom. The first kappa shape index (κ1) is 13.7. The number of benzene rings is 1. The van der Waals surface area contributed by atoms with Crippen LogP contribution < -0.4 is 4.74 Å². The summed E-state index contributed by atoms with van der Waals surface area (Å²) in [6.45, 7) is 0. The van der Waals surface area contributed by atoms with Crippen LogP contribution in [-0.4, -0.2) is 26.9 Å². The lowest BCUT2D eigenvalue weighted by Gasteiger charge is -2.01. The van der Waals surface area contributed by atoms with Crippen LogP contribution in [0.1, 0.15) is 10.8 Å². The van der Waals surface area contributed by atoms with Crippen molar-refractivity contribution >= 4 is 28.4 Å². The van der Waals surface area contributed by atoms with Crippen molar-refractivity contribution < 1.29 is 9.15 Å². The van der Waals surface area contributed by atoms with E-state index in [2.05, 4.69) is 15.3 Å². The fourth-order valence-electron chi connectivity index (χ4n) is 2.18. The van der Waals surface area contributed by atoms with Gasteiger partial charge in [-0.15, -0.1) is 10.2 Å². The maximum atomic E-state index is 5.27. The van der Waals surface area contributed by atoms with Crippen molar-refractivity contribution in [1.82, 2.24) is 19.8 Å². The third-order valence-corrected chi connectivity index (χ3v) is 4.13. The SMILES string of the molecule is COc1cccc(-c2nnc3sc(C=Cc4ccco4)nn23)c1. The van der Waals surface area contributed by atoms with E-state index in [4.69, 9.17) is 9.15 Å². The zero-order valence-electron chi connectivity index (χ0n) is 12.2. The Kier molecular flexibility index (Phi) is 3.39. The molecule has 0 radical (unpaired) electrons. The fraction of sp³-hybridized carbons (Fsp3) is 0.0625. The number of rotatable bonds is 4. The highest BCUT2D eigenvalue weighted by atomic mass is 32.1. The molecule has 4 aromatic rings. The molecule has 0 aliphatic rings. The van der Waals surface area contributed by atoms with Gasteiger partial charge in [0, 0.05) is 5.56 Å². The minimum absolute atomic E-state index is 0.688. The molecule has 0 atom stereocenters. The summed E-state index contributed by atoms with van der Waals surface area (Å²) in [5, 5.41) is 13.8. The molecule has 4 rings (SSSR count). The standard InChI is InChI=1S/C16H12N4O2S/c1-21-13-5-2-4-11(10-13)15-17-18-16-20(15)19-14(23-16)8-7-12-6-3-9-22-12/h2-10H,1H3. The molecule has 6 nitrogen and oxygen atoms in total. The van der Waals surface area contributed by atoms with Gasteiger partial charge in [0.05, 0.1) is 13.4 Å². The van der Waals surface area contributed by atoms with Gasteiger partial charge in [0.2, 0.25) is 4.96 Å². The Hall–Kier alpha value is -2.93. The normalized spacial score (nSPS) is 11.5. The van der Waals surface area contributed by atoms with Crippen LogP contribution >= 0.6 is 11.3 Å². The first-order valence-electron chi connectivity index (χ1n) is 6.92. The van der Waals surface area contributed by atoms with Crippen LogP contribution in [0.3, 0.4) is 0 Å². The van der Waals surface area contributed by atoms with E-state index < -0.39 is 0 Å². The maximum Gasteiger partial charge on any atom is 0.235 e. The van der Waals surface area contributed by atoms with Gasteiger partial charge in [0.15, 0.2) is 5.82 Å². The zero-order valence-corrected chi connectivity index (χ0v) is 13.0. The second-order valence-corrected chi connectivity index (χ2v) is 5.73. The molecule has 23 heavy (non-hydrogen) atoms. The van der Waals surface area contributed by atoms with E-state index in [0.717, 1.165) is 27.0 Å². The molecule has 0 bridgehead atoms. The lowest BCUT2D eigenvalue weighted by molar-refractivity contribution is 0.415. The van der Waals surface area contributed by atoms with Crippen LogP contribution in [0.4, 0.5) is 0 Å². The monoisotopic (exact) mass is 324 g/mol. The van der Waals surface area contributed by atoms with Gasteiger partial charge < -0.3 is 9.15 Å². The topological polar surface area (TPSA) is 65.5 Å². The first-order chi connectivity index (χ1) is 11.3. The second-order valence-electron chi connectivity index (χ2n) is 4.74. The minimum Gasteiger partial charge on any atom is -0.497 e. The van der Waals surface area contributed by atoms with Gasteiger partial charge in [-0.1, -0.05) is 23.5 Å². The maximum absolute atomic E-state index is 5.27.